The summed E-state index contributed by atoms with van der Waals surface area (Å²) in [6, 6.07) is 1.25. The van der Waals surface area contributed by atoms with E-state index in [9.17, 15) is 0 Å². The van der Waals surface area contributed by atoms with Gasteiger partial charge in [-0.2, -0.15) is 0 Å². The van der Waals surface area contributed by atoms with Crippen LogP contribution in [-0.2, 0) is 4.74 Å². The van der Waals surface area contributed by atoms with Gasteiger partial charge in [-0.25, -0.2) is 0 Å². The van der Waals surface area contributed by atoms with Gasteiger partial charge in [0, 0.05) is 25.3 Å². The zero-order chi connectivity index (χ0) is 9.40. The third kappa shape index (κ3) is 15.3. The molecular formula is C10H23LiNO+. The van der Waals surface area contributed by atoms with Crippen molar-refractivity contribution < 1.29 is 23.6 Å². The van der Waals surface area contributed by atoms with Crippen LogP contribution in [0.5, 0.6) is 0 Å². The molecule has 0 aromatic carbocycles. The first-order chi connectivity index (χ1) is 5.63. The summed E-state index contributed by atoms with van der Waals surface area (Å²) in [5.41, 5.74) is 0. The predicted molar refractivity (Wildman–Crippen MR) is 53.5 cm³/mol. The molecule has 0 radical (unpaired) electrons. The minimum Gasteiger partial charge on any atom is -0.381 e. The van der Waals surface area contributed by atoms with Gasteiger partial charge in [0.2, 0.25) is 0 Å². The van der Waals surface area contributed by atoms with Gasteiger partial charge in [0.15, 0.2) is 0 Å². The summed E-state index contributed by atoms with van der Waals surface area (Å²) < 4.78 is 4.94. The average Bonchev–Trinajstić information content (AvgIpc) is 2.36. The molecule has 1 aliphatic heterocycles. The monoisotopic (exact) mass is 180 g/mol. The molecule has 0 aliphatic carbocycles. The number of nitrogens with one attached hydrogen (secondary N) is 1. The number of rotatable bonds is 2. The maximum absolute atomic E-state index is 4.94. The van der Waals surface area contributed by atoms with E-state index in [4.69, 9.17) is 4.74 Å². The van der Waals surface area contributed by atoms with E-state index in [1.807, 2.05) is 0 Å². The van der Waals surface area contributed by atoms with Gasteiger partial charge in [-0.1, -0.05) is 27.7 Å². The topological polar surface area (TPSA) is 21.3 Å². The van der Waals surface area contributed by atoms with Crippen LogP contribution in [0.15, 0.2) is 0 Å². The predicted octanol–water partition coefficient (Wildman–Crippen LogP) is -0.806. The molecule has 1 fully saturated rings. The smallest absolute Gasteiger partial charge is 0.381 e. The molecule has 0 atom stereocenters. The fraction of sp³-hybridized carbons (Fsp3) is 1.00. The van der Waals surface area contributed by atoms with Crippen LogP contribution in [0.2, 0.25) is 0 Å². The first kappa shape index (κ1) is 16.0. The first-order valence-corrected chi connectivity index (χ1v) is 4.96. The molecule has 1 rings (SSSR count). The van der Waals surface area contributed by atoms with Crippen LogP contribution < -0.4 is 24.2 Å². The number of ether oxygens (including phenoxy) is 1. The first-order valence-electron chi connectivity index (χ1n) is 4.96. The van der Waals surface area contributed by atoms with Crippen molar-refractivity contribution in [2.24, 2.45) is 0 Å². The van der Waals surface area contributed by atoms with E-state index in [2.05, 4.69) is 33.0 Å². The van der Waals surface area contributed by atoms with E-state index < -0.39 is 0 Å². The maximum atomic E-state index is 4.94. The van der Waals surface area contributed by atoms with E-state index in [1.54, 1.807) is 0 Å². The summed E-state index contributed by atoms with van der Waals surface area (Å²) in [4.78, 5) is 0. The van der Waals surface area contributed by atoms with E-state index in [0.717, 1.165) is 13.2 Å². The van der Waals surface area contributed by atoms with Gasteiger partial charge < -0.3 is 10.1 Å². The van der Waals surface area contributed by atoms with Crippen LogP contribution in [0.3, 0.4) is 0 Å². The van der Waals surface area contributed by atoms with Crippen LogP contribution in [0.25, 0.3) is 0 Å². The van der Waals surface area contributed by atoms with Gasteiger partial charge >= 0.3 is 18.9 Å². The minimum atomic E-state index is 0. The van der Waals surface area contributed by atoms with Crippen LogP contribution in [0, 0.1) is 0 Å². The van der Waals surface area contributed by atoms with E-state index in [0.29, 0.717) is 12.1 Å². The Morgan fingerprint density at radius 1 is 0.923 bits per heavy atom. The third-order valence-electron chi connectivity index (χ3n) is 1.49. The molecule has 1 heterocycles. The third-order valence-corrected chi connectivity index (χ3v) is 1.49. The molecule has 0 aromatic rings. The van der Waals surface area contributed by atoms with Crippen LogP contribution in [-0.4, -0.2) is 25.3 Å². The molecule has 0 amide bonds. The van der Waals surface area contributed by atoms with Crippen molar-refractivity contribution >= 4 is 0 Å². The fourth-order valence-corrected chi connectivity index (χ4v) is 1.18. The van der Waals surface area contributed by atoms with E-state index in [1.165, 1.54) is 12.8 Å². The van der Waals surface area contributed by atoms with Crippen molar-refractivity contribution in [3.05, 3.63) is 0 Å². The number of hydrogen-bond donors (Lipinski definition) is 1. The quantitative estimate of drug-likeness (QED) is 0.561. The van der Waals surface area contributed by atoms with Gasteiger partial charge in [0.05, 0.1) is 0 Å². The molecule has 13 heavy (non-hydrogen) atoms. The molecule has 2 nitrogen and oxygen atoms in total. The Labute approximate surface area is 95.0 Å². The molecule has 1 saturated heterocycles. The fourth-order valence-electron chi connectivity index (χ4n) is 1.18. The standard InChI is InChI=1S/C6H15N.C4H8O.Li/c1-5(2)7-6(3)4;1-2-4-5-3-1;/h5-7H,1-4H3;1-4H2;/q;;+1. The zero-order valence-electron chi connectivity index (χ0n) is 9.89. The largest absolute Gasteiger partial charge is 1.00 e. The van der Waals surface area contributed by atoms with Crippen molar-refractivity contribution in [1.82, 2.24) is 5.32 Å². The Hall–Kier alpha value is 0.517. The van der Waals surface area contributed by atoms with Gasteiger partial charge in [-0.15, -0.1) is 0 Å². The molecule has 1 N–H and O–H groups in total. The van der Waals surface area contributed by atoms with Crippen molar-refractivity contribution in [2.45, 2.75) is 52.6 Å². The SMILES string of the molecule is C1CCOC1.CC(C)NC(C)C.[Li+]. The van der Waals surface area contributed by atoms with Crippen LogP contribution >= 0.6 is 0 Å². The maximum Gasteiger partial charge on any atom is 1.00 e. The summed E-state index contributed by atoms with van der Waals surface area (Å²) in [5.74, 6) is 0. The zero-order valence-corrected chi connectivity index (χ0v) is 9.89. The molecule has 1 aliphatic rings. The van der Waals surface area contributed by atoms with E-state index in [-0.39, 0.29) is 18.9 Å². The van der Waals surface area contributed by atoms with Gasteiger partial charge in [0.25, 0.3) is 0 Å². The normalized spacial score (nSPS) is 15.2. The summed E-state index contributed by atoms with van der Waals surface area (Å²) in [7, 11) is 0. The molecule has 74 valence electrons. The van der Waals surface area contributed by atoms with Crippen LogP contribution in [0.1, 0.15) is 40.5 Å². The molecule has 0 saturated carbocycles. The van der Waals surface area contributed by atoms with E-state index >= 15 is 0 Å². The van der Waals surface area contributed by atoms with Crippen molar-refractivity contribution in [2.75, 3.05) is 13.2 Å². The van der Waals surface area contributed by atoms with Gasteiger partial charge in [0.1, 0.15) is 0 Å². The number of hydrogen-bond acceptors (Lipinski definition) is 2. The summed E-state index contributed by atoms with van der Waals surface area (Å²) in [6.45, 7) is 10.6. The van der Waals surface area contributed by atoms with Gasteiger partial charge in [-0.3, -0.25) is 0 Å². The molecule has 0 bridgehead atoms. The molecule has 3 heteroatoms. The Kier molecular flexibility index (Phi) is 13.0. The van der Waals surface area contributed by atoms with Crippen molar-refractivity contribution in [1.29, 1.82) is 0 Å². The minimum absolute atomic E-state index is 0. The molecule has 0 aromatic heterocycles. The van der Waals surface area contributed by atoms with Crippen LogP contribution in [0.4, 0.5) is 0 Å². The summed E-state index contributed by atoms with van der Waals surface area (Å²) in [5, 5.41) is 3.31. The summed E-state index contributed by atoms with van der Waals surface area (Å²) >= 11 is 0. The van der Waals surface area contributed by atoms with Gasteiger partial charge in [-0.05, 0) is 12.8 Å². The second-order valence-corrected chi connectivity index (χ2v) is 3.80. The molecular weight excluding hydrogens is 157 g/mol. The second kappa shape index (κ2) is 10.6. The molecule has 0 spiro atoms. The summed E-state index contributed by atoms with van der Waals surface area (Å²) in [6.07, 6.45) is 2.56. The Morgan fingerprint density at radius 2 is 1.31 bits per heavy atom. The Bertz CT molecular complexity index is 79.3. The average molecular weight is 180 g/mol. The Morgan fingerprint density at radius 3 is 1.38 bits per heavy atom. The van der Waals surface area contributed by atoms with Crippen molar-refractivity contribution in [3.63, 3.8) is 0 Å². The Balaban J connectivity index is 0. The van der Waals surface area contributed by atoms with Crippen molar-refractivity contribution in [3.8, 4) is 0 Å². The molecule has 0 unspecified atom stereocenters. The second-order valence-electron chi connectivity index (χ2n) is 3.80.